The van der Waals surface area contributed by atoms with E-state index in [0.717, 1.165) is 0 Å². The third kappa shape index (κ3) is 4.42. The van der Waals surface area contributed by atoms with Crippen LogP contribution >= 0.6 is 0 Å². The highest BCUT2D eigenvalue weighted by Crippen LogP contribution is 2.27. The number of primary amides is 2. The molecule has 3 rings (SSSR count). The van der Waals surface area contributed by atoms with Crippen molar-refractivity contribution in [1.82, 2.24) is 19.9 Å². The van der Waals surface area contributed by atoms with Gasteiger partial charge in [0.25, 0.3) is 5.95 Å². The molecule has 0 radical (unpaired) electrons. The lowest BCUT2D eigenvalue weighted by Gasteiger charge is -2.21. The standard InChI is InChI=1S/C17H19N11O4/c1-26(9-4-2-8(3-5-9)6-11(29)30)10-7-22-13-12(23-10)14(27(20)15(18)31)25-17(24-13)28(21)16(19)32/h2-5,7H,6,20-21H2,1H3,(H2,18,31)(H2,19,32)(H,29,30). The van der Waals surface area contributed by atoms with Crippen molar-refractivity contribution in [2.75, 3.05) is 22.0 Å². The van der Waals surface area contributed by atoms with Gasteiger partial charge in [0.15, 0.2) is 22.8 Å². The number of aliphatic carboxylic acids is 1. The molecule has 0 spiro atoms. The first-order valence-corrected chi connectivity index (χ1v) is 8.86. The molecule has 0 fully saturated rings. The monoisotopic (exact) mass is 441 g/mol. The lowest BCUT2D eigenvalue weighted by atomic mass is 10.1. The number of aromatic nitrogens is 4. The summed E-state index contributed by atoms with van der Waals surface area (Å²) < 4.78 is 0. The smallest absolute Gasteiger partial charge is 0.336 e. The fraction of sp³-hybridized carbons (Fsp3) is 0.118. The van der Waals surface area contributed by atoms with Gasteiger partial charge >= 0.3 is 18.0 Å². The zero-order valence-electron chi connectivity index (χ0n) is 16.7. The Morgan fingerprint density at radius 1 is 0.969 bits per heavy atom. The Morgan fingerprint density at radius 2 is 1.59 bits per heavy atom. The van der Waals surface area contributed by atoms with Crippen molar-refractivity contribution >= 4 is 52.5 Å². The van der Waals surface area contributed by atoms with Crippen molar-refractivity contribution in [2.45, 2.75) is 6.42 Å². The van der Waals surface area contributed by atoms with Crippen LogP contribution in [0.3, 0.4) is 0 Å². The summed E-state index contributed by atoms with van der Waals surface area (Å²) in [6.45, 7) is 0. The Bertz CT molecular complexity index is 1200. The lowest BCUT2D eigenvalue weighted by Crippen LogP contribution is -2.45. The summed E-state index contributed by atoms with van der Waals surface area (Å²) >= 11 is 0. The van der Waals surface area contributed by atoms with Gasteiger partial charge in [0.2, 0.25) is 0 Å². The van der Waals surface area contributed by atoms with Crippen LogP contribution in [0.15, 0.2) is 30.5 Å². The topological polar surface area (TPSA) is 237 Å². The van der Waals surface area contributed by atoms with Crippen LogP contribution in [0.4, 0.5) is 32.9 Å². The summed E-state index contributed by atoms with van der Waals surface area (Å²) in [5.74, 6) is 9.99. The highest BCUT2D eigenvalue weighted by molar-refractivity contribution is 5.98. The number of rotatable bonds is 6. The second kappa shape index (κ2) is 8.62. The largest absolute Gasteiger partial charge is 0.481 e. The number of nitrogens with two attached hydrogens (primary N) is 4. The van der Waals surface area contributed by atoms with E-state index in [-0.39, 0.29) is 29.4 Å². The third-order valence-electron chi connectivity index (χ3n) is 4.31. The quantitative estimate of drug-likeness (QED) is 0.183. The molecule has 0 saturated heterocycles. The summed E-state index contributed by atoms with van der Waals surface area (Å²) in [6, 6.07) is 4.64. The van der Waals surface area contributed by atoms with Gasteiger partial charge in [-0.1, -0.05) is 12.1 Å². The van der Waals surface area contributed by atoms with Gasteiger partial charge in [-0.15, -0.1) is 0 Å². The fourth-order valence-corrected chi connectivity index (χ4v) is 2.66. The van der Waals surface area contributed by atoms with E-state index in [1.54, 1.807) is 36.2 Å². The maximum Gasteiger partial charge on any atom is 0.336 e. The van der Waals surface area contributed by atoms with Crippen molar-refractivity contribution in [3.05, 3.63) is 36.0 Å². The predicted molar refractivity (Wildman–Crippen MR) is 113 cm³/mol. The molecule has 0 aliphatic carbocycles. The Morgan fingerprint density at radius 3 is 2.16 bits per heavy atom. The van der Waals surface area contributed by atoms with E-state index in [2.05, 4.69) is 19.9 Å². The molecule has 32 heavy (non-hydrogen) atoms. The molecule has 2 heterocycles. The van der Waals surface area contributed by atoms with Crippen LogP contribution in [0.1, 0.15) is 5.56 Å². The van der Waals surface area contributed by atoms with Crippen LogP contribution in [-0.2, 0) is 11.2 Å². The average molecular weight is 441 g/mol. The maximum atomic E-state index is 11.6. The summed E-state index contributed by atoms with van der Waals surface area (Å²) in [4.78, 5) is 52.1. The van der Waals surface area contributed by atoms with E-state index in [0.29, 0.717) is 27.1 Å². The van der Waals surface area contributed by atoms with Crippen molar-refractivity contribution in [2.24, 2.45) is 23.2 Å². The van der Waals surface area contributed by atoms with Gasteiger partial charge in [0.05, 0.1) is 12.6 Å². The number of carbonyl (C=O) groups is 3. The minimum atomic E-state index is -1.06. The Kier molecular flexibility index (Phi) is 5.94. The average Bonchev–Trinajstić information content (AvgIpc) is 2.76. The van der Waals surface area contributed by atoms with Gasteiger partial charge in [0, 0.05) is 12.7 Å². The molecule has 166 valence electrons. The number of anilines is 4. The molecular formula is C17H19N11O4. The Labute approximate surface area is 180 Å². The van der Waals surface area contributed by atoms with E-state index < -0.39 is 18.0 Å². The minimum absolute atomic E-state index is 0.000215. The highest BCUT2D eigenvalue weighted by Gasteiger charge is 2.22. The number of hydrazine groups is 2. The predicted octanol–water partition coefficient (Wildman–Crippen LogP) is -0.668. The first-order valence-electron chi connectivity index (χ1n) is 8.86. The maximum absolute atomic E-state index is 11.6. The molecule has 0 atom stereocenters. The number of nitrogens with zero attached hydrogens (tertiary/aromatic N) is 7. The van der Waals surface area contributed by atoms with Gasteiger partial charge in [-0.2, -0.15) is 15.0 Å². The van der Waals surface area contributed by atoms with Gasteiger partial charge in [-0.25, -0.2) is 36.3 Å². The number of carboxylic acids is 1. The summed E-state index contributed by atoms with van der Waals surface area (Å²) in [5.41, 5.74) is 11.6. The van der Waals surface area contributed by atoms with Crippen LogP contribution in [-0.4, -0.2) is 50.1 Å². The lowest BCUT2D eigenvalue weighted by molar-refractivity contribution is -0.136. The second-order valence-corrected chi connectivity index (χ2v) is 6.46. The first-order chi connectivity index (χ1) is 15.1. The molecule has 0 unspecified atom stereocenters. The minimum Gasteiger partial charge on any atom is -0.481 e. The number of fused-ring (bicyclic) bond motifs is 1. The van der Waals surface area contributed by atoms with E-state index in [4.69, 9.17) is 28.3 Å². The Hall–Kier alpha value is -4.63. The van der Waals surface area contributed by atoms with Gasteiger partial charge in [-0.3, -0.25) is 4.79 Å². The van der Waals surface area contributed by atoms with E-state index in [1.807, 2.05) is 0 Å². The number of carbonyl (C=O) groups excluding carboxylic acids is 2. The second-order valence-electron chi connectivity index (χ2n) is 6.46. The first kappa shape index (κ1) is 22.1. The van der Waals surface area contributed by atoms with Crippen LogP contribution in [0.5, 0.6) is 0 Å². The van der Waals surface area contributed by atoms with E-state index in [9.17, 15) is 14.4 Å². The molecular weight excluding hydrogens is 422 g/mol. The number of amides is 4. The summed E-state index contributed by atoms with van der Waals surface area (Å²) in [7, 11) is 1.69. The van der Waals surface area contributed by atoms with Crippen molar-refractivity contribution in [1.29, 1.82) is 0 Å². The van der Waals surface area contributed by atoms with Crippen molar-refractivity contribution < 1.29 is 19.5 Å². The molecule has 15 heteroatoms. The SMILES string of the molecule is CN(c1ccc(CC(=O)O)cc1)c1cnc2nc(N(N)C(N)=O)nc(N(N)C(N)=O)c2n1. The molecule has 0 saturated carbocycles. The van der Waals surface area contributed by atoms with Crippen LogP contribution < -0.4 is 38.1 Å². The normalized spacial score (nSPS) is 10.6. The fourth-order valence-electron chi connectivity index (χ4n) is 2.66. The van der Waals surface area contributed by atoms with E-state index in [1.165, 1.54) is 6.20 Å². The molecule has 0 bridgehead atoms. The van der Waals surface area contributed by atoms with Gasteiger partial charge < -0.3 is 21.5 Å². The van der Waals surface area contributed by atoms with Crippen LogP contribution in [0.2, 0.25) is 0 Å². The molecule has 9 N–H and O–H groups in total. The molecule has 4 amide bonds. The molecule has 15 nitrogen and oxygen atoms in total. The Balaban J connectivity index is 2.07. The van der Waals surface area contributed by atoms with Gasteiger partial charge in [-0.05, 0) is 17.7 Å². The molecule has 3 aromatic rings. The molecule has 0 aliphatic heterocycles. The van der Waals surface area contributed by atoms with Crippen LogP contribution in [0, 0.1) is 0 Å². The van der Waals surface area contributed by atoms with Crippen LogP contribution in [0.25, 0.3) is 11.2 Å². The summed E-state index contributed by atoms with van der Waals surface area (Å²) in [6.07, 6.45) is 1.27. The highest BCUT2D eigenvalue weighted by atomic mass is 16.4. The van der Waals surface area contributed by atoms with Crippen molar-refractivity contribution in [3.63, 3.8) is 0 Å². The van der Waals surface area contributed by atoms with Crippen molar-refractivity contribution in [3.8, 4) is 0 Å². The van der Waals surface area contributed by atoms with E-state index >= 15 is 0 Å². The van der Waals surface area contributed by atoms with Gasteiger partial charge in [0.1, 0.15) is 0 Å². The molecule has 2 aromatic heterocycles. The number of benzene rings is 1. The third-order valence-corrected chi connectivity index (χ3v) is 4.31. The zero-order chi connectivity index (χ0) is 23.6. The number of hydrogen-bond acceptors (Lipinski definition) is 10. The molecule has 1 aromatic carbocycles. The number of carboxylic acid groups (broad SMARTS) is 1. The summed E-state index contributed by atoms with van der Waals surface area (Å²) in [5, 5.41) is 9.84. The zero-order valence-corrected chi connectivity index (χ0v) is 16.7. The number of hydrogen-bond donors (Lipinski definition) is 5. The number of urea groups is 2. The molecule has 0 aliphatic rings.